The second-order valence-corrected chi connectivity index (χ2v) is 6.21. The second kappa shape index (κ2) is 9.16. The van der Waals surface area contributed by atoms with Crippen molar-refractivity contribution < 1.29 is 4.92 Å². The summed E-state index contributed by atoms with van der Waals surface area (Å²) in [5.74, 6) is 1.48. The lowest BCUT2D eigenvalue weighted by Gasteiger charge is -2.27. The Morgan fingerprint density at radius 3 is 2.88 bits per heavy atom. The third kappa shape index (κ3) is 5.17. The molecule has 3 rings (SSSR count). The molecule has 1 saturated heterocycles. The molecule has 1 aromatic rings. The van der Waals surface area contributed by atoms with E-state index >= 15 is 0 Å². The number of piperazine rings is 1. The van der Waals surface area contributed by atoms with E-state index in [4.69, 9.17) is 0 Å². The van der Waals surface area contributed by atoms with E-state index < -0.39 is 4.92 Å². The van der Waals surface area contributed by atoms with E-state index in [2.05, 4.69) is 31.2 Å². The Hall–Kier alpha value is -2.65. The molecule has 0 spiro atoms. The molecule has 1 fully saturated rings. The molecule has 0 unspecified atom stereocenters. The molecule has 0 amide bonds. The van der Waals surface area contributed by atoms with Gasteiger partial charge in [-0.15, -0.1) is 0 Å². The number of para-hydroxylation sites is 2. The highest BCUT2D eigenvalue weighted by Crippen LogP contribution is 2.24. The Labute approximate surface area is 152 Å². The summed E-state index contributed by atoms with van der Waals surface area (Å²) in [5, 5.41) is 24.0. The summed E-state index contributed by atoms with van der Waals surface area (Å²) < 4.78 is 0. The first-order chi connectivity index (χ1) is 12.7. The van der Waals surface area contributed by atoms with E-state index in [-0.39, 0.29) is 5.69 Å². The largest absolute Gasteiger partial charge is 0.370 e. The Morgan fingerprint density at radius 1 is 1.27 bits per heavy atom. The fraction of sp³-hybridized carbons (Fsp3) is 0.471. The summed E-state index contributed by atoms with van der Waals surface area (Å²) in [6.45, 7) is 6.69. The van der Waals surface area contributed by atoms with Crippen LogP contribution in [0.15, 0.2) is 41.2 Å². The molecule has 0 aliphatic carbocycles. The van der Waals surface area contributed by atoms with E-state index in [0.29, 0.717) is 18.2 Å². The van der Waals surface area contributed by atoms with Gasteiger partial charge in [0.1, 0.15) is 24.0 Å². The van der Waals surface area contributed by atoms with E-state index in [0.717, 1.165) is 51.5 Å². The summed E-state index contributed by atoms with van der Waals surface area (Å²) in [4.78, 5) is 17.6. The molecule has 1 aromatic carbocycles. The van der Waals surface area contributed by atoms with Gasteiger partial charge in [-0.3, -0.25) is 10.1 Å². The van der Waals surface area contributed by atoms with E-state index in [1.807, 2.05) is 6.08 Å². The van der Waals surface area contributed by atoms with Crippen molar-refractivity contribution >= 4 is 17.2 Å². The van der Waals surface area contributed by atoms with E-state index in [9.17, 15) is 10.1 Å². The number of hydrogen-bond acceptors (Lipinski definition) is 8. The number of nitrogens with one attached hydrogen (secondary N) is 4. The van der Waals surface area contributed by atoms with Crippen LogP contribution in [0.4, 0.5) is 11.4 Å². The minimum Gasteiger partial charge on any atom is -0.370 e. The average Bonchev–Trinajstić information content (AvgIpc) is 2.67. The van der Waals surface area contributed by atoms with Gasteiger partial charge >= 0.3 is 0 Å². The smallest absolute Gasteiger partial charge is 0.292 e. The van der Waals surface area contributed by atoms with Crippen molar-refractivity contribution in [2.24, 2.45) is 4.99 Å². The normalized spacial score (nSPS) is 17.7. The summed E-state index contributed by atoms with van der Waals surface area (Å²) >= 11 is 0. The number of nitrogens with zero attached hydrogens (tertiary/aromatic N) is 3. The number of hydrogen-bond donors (Lipinski definition) is 4. The minimum atomic E-state index is -0.394. The minimum absolute atomic E-state index is 0.0447. The first kappa shape index (κ1) is 18.2. The fourth-order valence-electron chi connectivity index (χ4n) is 2.97. The highest BCUT2D eigenvalue weighted by molar-refractivity contribution is 5.94. The van der Waals surface area contributed by atoms with Crippen molar-refractivity contribution in [3.05, 3.63) is 46.3 Å². The molecule has 2 aliphatic rings. The molecule has 9 heteroatoms. The third-order valence-corrected chi connectivity index (χ3v) is 4.34. The average molecular weight is 359 g/mol. The van der Waals surface area contributed by atoms with Gasteiger partial charge in [-0.05, 0) is 19.0 Å². The van der Waals surface area contributed by atoms with Gasteiger partial charge < -0.3 is 26.2 Å². The molecule has 0 radical (unpaired) electrons. The van der Waals surface area contributed by atoms with Crippen molar-refractivity contribution in [1.82, 2.24) is 20.9 Å². The maximum atomic E-state index is 11.1. The number of rotatable bonds is 7. The molecular formula is C17H25N7O2. The highest BCUT2D eigenvalue weighted by atomic mass is 16.6. The van der Waals surface area contributed by atoms with Crippen molar-refractivity contribution in [2.75, 3.05) is 51.3 Å². The molecule has 0 aromatic heterocycles. The Bertz CT molecular complexity index is 683. The van der Waals surface area contributed by atoms with Crippen LogP contribution in [0.25, 0.3) is 0 Å². The lowest BCUT2D eigenvalue weighted by Crippen LogP contribution is -2.44. The van der Waals surface area contributed by atoms with Crippen molar-refractivity contribution in [3.63, 3.8) is 0 Å². The van der Waals surface area contributed by atoms with Crippen LogP contribution in [-0.2, 0) is 0 Å². The van der Waals surface area contributed by atoms with Gasteiger partial charge in [0.25, 0.3) is 5.69 Å². The SMILES string of the molecule is O=[N+]([O-])c1ccccc1NC1=CC(NCCCN2CCNCC2)=NCN1. The summed E-state index contributed by atoms with van der Waals surface area (Å²) in [5.41, 5.74) is 0.499. The number of benzene rings is 1. The van der Waals surface area contributed by atoms with Crippen LogP contribution in [-0.4, -0.2) is 61.6 Å². The Balaban J connectivity index is 1.49. The van der Waals surface area contributed by atoms with E-state index in [1.54, 1.807) is 18.2 Å². The molecule has 0 atom stereocenters. The molecule has 2 aliphatic heterocycles. The van der Waals surface area contributed by atoms with Crippen molar-refractivity contribution in [3.8, 4) is 0 Å². The predicted octanol–water partition coefficient (Wildman–Crippen LogP) is 0.692. The first-order valence-corrected chi connectivity index (χ1v) is 8.90. The van der Waals surface area contributed by atoms with Crippen molar-refractivity contribution in [2.45, 2.75) is 6.42 Å². The van der Waals surface area contributed by atoms with Gasteiger partial charge in [-0.25, -0.2) is 4.99 Å². The fourth-order valence-corrected chi connectivity index (χ4v) is 2.97. The van der Waals surface area contributed by atoms with Gasteiger partial charge in [0.15, 0.2) is 0 Å². The zero-order chi connectivity index (χ0) is 18.2. The molecule has 26 heavy (non-hydrogen) atoms. The van der Waals surface area contributed by atoms with Crippen LogP contribution in [0.1, 0.15) is 6.42 Å². The summed E-state index contributed by atoms with van der Waals surface area (Å²) in [6.07, 6.45) is 2.89. The number of aliphatic imine (C=N–C) groups is 1. The standard InChI is InChI=1S/C17H25N7O2/c25-24(26)15-5-2-1-4-14(15)22-17-12-16(20-13-21-17)19-6-3-9-23-10-7-18-8-11-23/h1-2,4-5,12,18,21-22H,3,6-11,13H2,(H,19,20). The van der Waals surface area contributed by atoms with Gasteiger partial charge in [0.05, 0.1) is 4.92 Å². The van der Waals surface area contributed by atoms with Crippen LogP contribution in [0.2, 0.25) is 0 Å². The maximum absolute atomic E-state index is 11.1. The lowest BCUT2D eigenvalue weighted by molar-refractivity contribution is -0.383. The number of nitro benzene ring substituents is 1. The number of anilines is 1. The molecule has 2 heterocycles. The Morgan fingerprint density at radius 2 is 2.08 bits per heavy atom. The van der Waals surface area contributed by atoms with Gasteiger partial charge in [0, 0.05) is 44.9 Å². The van der Waals surface area contributed by atoms with Gasteiger partial charge in [-0.2, -0.15) is 0 Å². The second-order valence-electron chi connectivity index (χ2n) is 6.21. The van der Waals surface area contributed by atoms with Crippen LogP contribution >= 0.6 is 0 Å². The Kier molecular flexibility index (Phi) is 6.39. The molecule has 9 nitrogen and oxygen atoms in total. The van der Waals surface area contributed by atoms with Gasteiger partial charge in [-0.1, -0.05) is 12.1 Å². The lowest BCUT2D eigenvalue weighted by atomic mass is 10.2. The van der Waals surface area contributed by atoms with Crippen LogP contribution in [0.5, 0.6) is 0 Å². The predicted molar refractivity (Wildman–Crippen MR) is 102 cm³/mol. The quantitative estimate of drug-likeness (QED) is 0.322. The summed E-state index contributed by atoms with van der Waals surface area (Å²) in [7, 11) is 0. The van der Waals surface area contributed by atoms with Crippen LogP contribution in [0, 0.1) is 10.1 Å². The molecule has 0 bridgehead atoms. The molecule has 0 saturated carbocycles. The third-order valence-electron chi connectivity index (χ3n) is 4.34. The zero-order valence-electron chi connectivity index (χ0n) is 14.7. The van der Waals surface area contributed by atoms with Crippen molar-refractivity contribution in [1.29, 1.82) is 0 Å². The summed E-state index contributed by atoms with van der Waals surface area (Å²) in [6, 6.07) is 6.59. The highest BCUT2D eigenvalue weighted by Gasteiger charge is 2.14. The molecular weight excluding hydrogens is 334 g/mol. The van der Waals surface area contributed by atoms with Gasteiger partial charge in [0.2, 0.25) is 0 Å². The maximum Gasteiger partial charge on any atom is 0.292 e. The topological polar surface area (TPSA) is 107 Å². The number of amidine groups is 1. The molecule has 140 valence electrons. The number of nitro groups is 1. The van der Waals surface area contributed by atoms with E-state index in [1.165, 1.54) is 6.07 Å². The monoisotopic (exact) mass is 359 g/mol. The first-order valence-electron chi connectivity index (χ1n) is 8.90. The van der Waals surface area contributed by atoms with Crippen LogP contribution in [0.3, 0.4) is 0 Å². The zero-order valence-corrected chi connectivity index (χ0v) is 14.7. The van der Waals surface area contributed by atoms with Crippen LogP contribution < -0.4 is 21.3 Å². The molecule has 4 N–H and O–H groups in total.